The molecule has 0 N–H and O–H groups in total. The Labute approximate surface area is 95.6 Å². The van der Waals surface area contributed by atoms with E-state index < -0.39 is 6.04 Å². The molecule has 1 aliphatic carbocycles. The molecule has 1 aliphatic rings. The van der Waals surface area contributed by atoms with Gasteiger partial charge in [0, 0.05) is 17.3 Å². The molecule has 0 aliphatic heterocycles. The van der Waals surface area contributed by atoms with Crippen molar-refractivity contribution in [3.05, 3.63) is 10.1 Å². The van der Waals surface area contributed by atoms with Crippen LogP contribution in [-0.2, 0) is 0 Å². The van der Waals surface area contributed by atoms with Gasteiger partial charge in [-0.3, -0.25) is 10.1 Å². The lowest BCUT2D eigenvalue weighted by atomic mass is 9.95. The first-order valence-corrected chi connectivity index (χ1v) is 6.30. The average Bonchev–Trinajstić information content (AvgIpc) is 2.38. The maximum atomic E-state index is 10.9. The first kappa shape index (κ1) is 12.2. The van der Waals surface area contributed by atoms with E-state index in [2.05, 4.69) is 25.3 Å². The summed E-state index contributed by atoms with van der Waals surface area (Å²) < 4.78 is 0. The van der Waals surface area contributed by atoms with Gasteiger partial charge in [0.1, 0.15) is 0 Å². The molecule has 0 radical (unpaired) electrons. The molecule has 0 heterocycles. The zero-order chi connectivity index (χ0) is 10.6. The molecule has 3 atom stereocenters. The average molecular weight is 235 g/mol. The van der Waals surface area contributed by atoms with Crippen LogP contribution in [0.25, 0.3) is 0 Å². The highest BCUT2D eigenvalue weighted by atomic mass is 32.1. The minimum absolute atomic E-state index is 0.122. The standard InChI is InChI=1S/C9H17NO2S2/c11-10(12)9-4-7(5-13)2-1-3-8(9)6-14/h7-9,13-14H,1-6H2. The molecule has 5 heteroatoms. The zero-order valence-electron chi connectivity index (χ0n) is 8.13. The molecule has 82 valence electrons. The van der Waals surface area contributed by atoms with E-state index in [0.717, 1.165) is 25.0 Å². The van der Waals surface area contributed by atoms with Gasteiger partial charge in [-0.05, 0) is 30.3 Å². The molecule has 0 aromatic carbocycles. The van der Waals surface area contributed by atoms with Crippen LogP contribution in [0.15, 0.2) is 0 Å². The van der Waals surface area contributed by atoms with Crippen LogP contribution in [0.3, 0.4) is 0 Å². The fourth-order valence-corrected chi connectivity index (χ4v) is 2.91. The quantitative estimate of drug-likeness (QED) is 0.341. The van der Waals surface area contributed by atoms with Crippen molar-refractivity contribution in [2.24, 2.45) is 11.8 Å². The Morgan fingerprint density at radius 3 is 2.50 bits per heavy atom. The number of hydrogen-bond donors (Lipinski definition) is 2. The van der Waals surface area contributed by atoms with Gasteiger partial charge >= 0.3 is 0 Å². The van der Waals surface area contributed by atoms with E-state index in [9.17, 15) is 10.1 Å². The zero-order valence-corrected chi connectivity index (χ0v) is 9.92. The van der Waals surface area contributed by atoms with Crippen molar-refractivity contribution in [2.75, 3.05) is 11.5 Å². The smallest absolute Gasteiger partial charge is 0.217 e. The first-order chi connectivity index (χ1) is 6.69. The fraction of sp³-hybridized carbons (Fsp3) is 1.00. The largest absolute Gasteiger partial charge is 0.264 e. The van der Waals surface area contributed by atoms with Crippen LogP contribution in [0, 0.1) is 22.0 Å². The monoisotopic (exact) mass is 235 g/mol. The summed E-state index contributed by atoms with van der Waals surface area (Å²) in [7, 11) is 0. The van der Waals surface area contributed by atoms with Crippen LogP contribution in [0.4, 0.5) is 0 Å². The lowest BCUT2D eigenvalue weighted by Crippen LogP contribution is -2.31. The molecule has 3 nitrogen and oxygen atoms in total. The normalized spacial score (nSPS) is 33.7. The van der Waals surface area contributed by atoms with Gasteiger partial charge in [0.2, 0.25) is 6.04 Å². The van der Waals surface area contributed by atoms with Crippen LogP contribution in [0.2, 0.25) is 0 Å². The lowest BCUT2D eigenvalue weighted by Gasteiger charge is -2.17. The number of thiol groups is 2. The maximum absolute atomic E-state index is 10.9. The van der Waals surface area contributed by atoms with Gasteiger partial charge in [-0.15, -0.1) is 0 Å². The van der Waals surface area contributed by atoms with Gasteiger partial charge in [-0.1, -0.05) is 6.42 Å². The maximum Gasteiger partial charge on any atom is 0.217 e. The second kappa shape index (κ2) is 5.85. The Morgan fingerprint density at radius 2 is 2.00 bits per heavy atom. The third-order valence-corrected chi connectivity index (χ3v) is 4.06. The summed E-state index contributed by atoms with van der Waals surface area (Å²) >= 11 is 8.44. The molecule has 14 heavy (non-hydrogen) atoms. The van der Waals surface area contributed by atoms with E-state index in [0.29, 0.717) is 18.1 Å². The minimum atomic E-state index is -0.396. The minimum Gasteiger partial charge on any atom is -0.264 e. The number of rotatable bonds is 3. The highest BCUT2D eigenvalue weighted by Crippen LogP contribution is 2.30. The summed E-state index contributed by atoms with van der Waals surface area (Å²) in [5, 5.41) is 10.9. The first-order valence-electron chi connectivity index (χ1n) is 5.04. The lowest BCUT2D eigenvalue weighted by molar-refractivity contribution is -0.532. The molecule has 1 rings (SSSR count). The summed E-state index contributed by atoms with van der Waals surface area (Å²) in [6.07, 6.45) is 3.79. The van der Waals surface area contributed by atoms with Crippen molar-refractivity contribution in [1.29, 1.82) is 0 Å². The van der Waals surface area contributed by atoms with Gasteiger partial charge in [0.05, 0.1) is 0 Å². The number of hydrogen-bond acceptors (Lipinski definition) is 4. The van der Waals surface area contributed by atoms with Crippen LogP contribution in [0.1, 0.15) is 25.7 Å². The van der Waals surface area contributed by atoms with E-state index in [-0.39, 0.29) is 10.8 Å². The Morgan fingerprint density at radius 1 is 1.29 bits per heavy atom. The van der Waals surface area contributed by atoms with Crippen LogP contribution < -0.4 is 0 Å². The molecule has 0 bridgehead atoms. The highest BCUT2D eigenvalue weighted by Gasteiger charge is 2.34. The van der Waals surface area contributed by atoms with Gasteiger partial charge in [-0.25, -0.2) is 0 Å². The van der Waals surface area contributed by atoms with Crippen molar-refractivity contribution in [3.8, 4) is 0 Å². The molecule has 0 aromatic heterocycles. The van der Waals surface area contributed by atoms with Crippen molar-refractivity contribution in [3.63, 3.8) is 0 Å². The summed E-state index contributed by atoms with van der Waals surface area (Å²) in [4.78, 5) is 10.8. The Balaban J connectivity index is 2.66. The van der Waals surface area contributed by atoms with Crippen LogP contribution >= 0.6 is 25.3 Å². The van der Waals surface area contributed by atoms with Crippen LogP contribution in [-0.4, -0.2) is 22.5 Å². The third kappa shape index (κ3) is 3.05. The Bertz CT molecular complexity index is 201. The van der Waals surface area contributed by atoms with Gasteiger partial charge in [-0.2, -0.15) is 25.3 Å². The van der Waals surface area contributed by atoms with Crippen molar-refractivity contribution in [1.82, 2.24) is 0 Å². The van der Waals surface area contributed by atoms with Gasteiger partial charge in [0.25, 0.3) is 0 Å². The number of nitro groups is 1. The summed E-state index contributed by atoms with van der Waals surface area (Å²) in [6.45, 7) is 0. The van der Waals surface area contributed by atoms with Crippen molar-refractivity contribution < 1.29 is 4.92 Å². The van der Waals surface area contributed by atoms with Gasteiger partial charge < -0.3 is 0 Å². The SMILES string of the molecule is O=[N+]([O-])C1CC(CS)CCCC1CS. The fourth-order valence-electron chi connectivity index (χ4n) is 2.15. The second-order valence-electron chi connectivity index (χ2n) is 4.01. The predicted molar refractivity (Wildman–Crippen MR) is 63.9 cm³/mol. The molecule has 1 saturated carbocycles. The van der Waals surface area contributed by atoms with E-state index in [4.69, 9.17) is 0 Å². The van der Waals surface area contributed by atoms with E-state index >= 15 is 0 Å². The molecule has 1 fully saturated rings. The van der Waals surface area contributed by atoms with Crippen molar-refractivity contribution >= 4 is 25.3 Å². The Hall–Kier alpha value is 0.1000. The molecular weight excluding hydrogens is 218 g/mol. The summed E-state index contributed by atoms with van der Waals surface area (Å²) in [5.41, 5.74) is 0. The van der Waals surface area contributed by atoms with E-state index in [1.165, 1.54) is 0 Å². The molecule has 0 amide bonds. The van der Waals surface area contributed by atoms with E-state index in [1.54, 1.807) is 0 Å². The second-order valence-corrected chi connectivity index (χ2v) is 4.74. The molecule has 0 spiro atoms. The van der Waals surface area contributed by atoms with Crippen LogP contribution in [0.5, 0.6) is 0 Å². The number of nitrogens with zero attached hydrogens (tertiary/aromatic N) is 1. The Kier molecular flexibility index (Phi) is 5.09. The summed E-state index contributed by atoms with van der Waals surface area (Å²) in [6, 6.07) is -0.396. The van der Waals surface area contributed by atoms with E-state index in [1.807, 2.05) is 0 Å². The predicted octanol–water partition coefficient (Wildman–Crippen LogP) is 2.30. The molecule has 0 saturated heterocycles. The third-order valence-electron chi connectivity index (χ3n) is 3.07. The van der Waals surface area contributed by atoms with Gasteiger partial charge in [0.15, 0.2) is 0 Å². The summed E-state index contributed by atoms with van der Waals surface area (Å²) in [5.74, 6) is 1.96. The van der Waals surface area contributed by atoms with Crippen molar-refractivity contribution in [2.45, 2.75) is 31.7 Å². The topological polar surface area (TPSA) is 43.1 Å². The molecule has 0 aromatic rings. The molecular formula is C9H17NO2S2. The molecule has 3 unspecified atom stereocenters. The highest BCUT2D eigenvalue weighted by molar-refractivity contribution is 7.80.